The van der Waals surface area contributed by atoms with Crippen molar-refractivity contribution in [2.24, 2.45) is 0 Å². The van der Waals surface area contributed by atoms with Gasteiger partial charge in [-0.1, -0.05) is 19.4 Å². The van der Waals surface area contributed by atoms with Gasteiger partial charge in [0.1, 0.15) is 5.82 Å². The third kappa shape index (κ3) is 5.24. The van der Waals surface area contributed by atoms with E-state index in [1.54, 1.807) is 0 Å². The van der Waals surface area contributed by atoms with E-state index in [-0.39, 0.29) is 5.54 Å². The summed E-state index contributed by atoms with van der Waals surface area (Å²) in [4.78, 5) is 8.16. The molecule has 0 atom stereocenters. The number of hydrogen-bond donors (Lipinski definition) is 4. The number of benzene rings is 1. The lowest BCUT2D eigenvalue weighted by Crippen LogP contribution is -2.36. The fourth-order valence-corrected chi connectivity index (χ4v) is 3.60. The van der Waals surface area contributed by atoms with E-state index in [0.717, 1.165) is 48.2 Å². The predicted octanol–water partition coefficient (Wildman–Crippen LogP) is 4.51. The normalized spacial score (nSPS) is 12.3. The maximum absolute atomic E-state index is 6.20. The molecule has 0 unspecified atom stereocenters. The highest BCUT2D eigenvalue weighted by Crippen LogP contribution is 2.29. The first kappa shape index (κ1) is 20.6. The predicted molar refractivity (Wildman–Crippen MR) is 121 cm³/mol. The minimum atomic E-state index is 0.208. The lowest BCUT2D eigenvalue weighted by molar-refractivity contribution is 0.417. The van der Waals surface area contributed by atoms with Crippen LogP contribution in [-0.2, 0) is 13.0 Å². The number of nitrogens with two attached hydrogens (primary N) is 1. The van der Waals surface area contributed by atoms with Crippen LogP contribution in [0.25, 0.3) is 21.8 Å². The lowest BCUT2D eigenvalue weighted by Gasteiger charge is -2.20. The van der Waals surface area contributed by atoms with Crippen LogP contribution in [0.3, 0.4) is 0 Å². The number of unbranched alkanes of at least 4 members (excludes halogenated alkanes) is 2. The molecule has 2 aromatic heterocycles. The maximum Gasteiger partial charge on any atom is 0.133 e. The van der Waals surface area contributed by atoms with Crippen molar-refractivity contribution in [3.8, 4) is 0 Å². The Hall–Kier alpha value is -2.11. The zero-order valence-corrected chi connectivity index (χ0v) is 17.8. The molecule has 0 saturated carbocycles. The molecule has 0 aliphatic heterocycles. The molecule has 0 spiro atoms. The Kier molecular flexibility index (Phi) is 6.57. The van der Waals surface area contributed by atoms with Gasteiger partial charge in [0, 0.05) is 28.6 Å². The summed E-state index contributed by atoms with van der Waals surface area (Å²) in [6, 6.07) is 8.70. The molecule has 0 radical (unpaired) electrons. The van der Waals surface area contributed by atoms with E-state index in [4.69, 9.17) is 5.73 Å². The number of H-pyrrole nitrogens is 1. The van der Waals surface area contributed by atoms with Gasteiger partial charge in [-0.15, -0.1) is 0 Å². The van der Waals surface area contributed by atoms with Crippen molar-refractivity contribution in [1.82, 2.24) is 20.6 Å². The van der Waals surface area contributed by atoms with Gasteiger partial charge in [0.15, 0.2) is 0 Å². The molecular formula is C23H35N5. The number of nitrogens with zero attached hydrogens (tertiary/aromatic N) is 1. The molecule has 0 saturated heterocycles. The smallest absolute Gasteiger partial charge is 0.133 e. The van der Waals surface area contributed by atoms with Crippen LogP contribution in [0.1, 0.15) is 58.2 Å². The molecule has 28 heavy (non-hydrogen) atoms. The average Bonchev–Trinajstić information content (AvgIpc) is 3.07. The van der Waals surface area contributed by atoms with Crippen molar-refractivity contribution in [3.63, 3.8) is 0 Å². The van der Waals surface area contributed by atoms with Crippen molar-refractivity contribution in [1.29, 1.82) is 0 Å². The third-order valence-corrected chi connectivity index (χ3v) is 5.08. The summed E-state index contributed by atoms with van der Waals surface area (Å²) in [5.74, 6) is 0.598. The Morgan fingerprint density at radius 3 is 2.64 bits per heavy atom. The number of nitrogens with one attached hydrogen (secondary N) is 3. The van der Waals surface area contributed by atoms with Gasteiger partial charge in [-0.3, -0.25) is 0 Å². The number of anilines is 1. The molecule has 2 heterocycles. The monoisotopic (exact) mass is 381 g/mol. The lowest BCUT2D eigenvalue weighted by atomic mass is 10.0. The first-order chi connectivity index (χ1) is 13.4. The molecule has 1 aromatic carbocycles. The maximum atomic E-state index is 6.20. The van der Waals surface area contributed by atoms with Crippen LogP contribution in [0.4, 0.5) is 5.82 Å². The number of pyridine rings is 1. The van der Waals surface area contributed by atoms with E-state index in [9.17, 15) is 0 Å². The van der Waals surface area contributed by atoms with Crippen LogP contribution >= 0.6 is 0 Å². The molecule has 0 amide bonds. The van der Waals surface area contributed by atoms with Gasteiger partial charge < -0.3 is 21.4 Å². The first-order valence-corrected chi connectivity index (χ1v) is 10.5. The van der Waals surface area contributed by atoms with E-state index in [1.807, 2.05) is 0 Å². The zero-order valence-electron chi connectivity index (χ0n) is 17.8. The second kappa shape index (κ2) is 8.93. The van der Waals surface area contributed by atoms with Gasteiger partial charge in [0.2, 0.25) is 0 Å². The van der Waals surface area contributed by atoms with Crippen LogP contribution in [0.5, 0.6) is 0 Å². The standard InChI is InChI=1S/C23H35N5/c1-5-25-15-17-14-19-21(27-17)18-13-16(10-11-20(18)28-22(19)24)9-7-6-8-12-26-23(2,3)4/h10-11,13-14,25-27H,5-9,12,15H2,1-4H3,(H2,24,28). The highest BCUT2D eigenvalue weighted by Gasteiger charge is 2.11. The van der Waals surface area contributed by atoms with Gasteiger partial charge >= 0.3 is 0 Å². The van der Waals surface area contributed by atoms with Crippen molar-refractivity contribution in [2.75, 3.05) is 18.8 Å². The molecule has 3 aromatic rings. The van der Waals surface area contributed by atoms with Crippen LogP contribution < -0.4 is 16.4 Å². The number of hydrogen-bond acceptors (Lipinski definition) is 4. The molecule has 5 N–H and O–H groups in total. The van der Waals surface area contributed by atoms with Crippen molar-refractivity contribution < 1.29 is 0 Å². The van der Waals surface area contributed by atoms with Gasteiger partial charge in [-0.25, -0.2) is 4.98 Å². The van der Waals surface area contributed by atoms with Crippen molar-refractivity contribution >= 4 is 27.6 Å². The largest absolute Gasteiger partial charge is 0.383 e. The Balaban J connectivity index is 1.70. The van der Waals surface area contributed by atoms with Crippen LogP contribution in [0.2, 0.25) is 0 Å². The van der Waals surface area contributed by atoms with Crippen LogP contribution in [0, 0.1) is 0 Å². The molecule has 152 valence electrons. The van der Waals surface area contributed by atoms with E-state index < -0.39 is 0 Å². The van der Waals surface area contributed by atoms with Crippen LogP contribution in [-0.4, -0.2) is 28.6 Å². The second-order valence-electron chi connectivity index (χ2n) is 8.70. The molecule has 0 bridgehead atoms. The summed E-state index contributed by atoms with van der Waals surface area (Å²) in [6.45, 7) is 11.6. The Labute approximate surface area is 168 Å². The number of fused-ring (bicyclic) bond motifs is 3. The molecule has 0 aliphatic carbocycles. The quantitative estimate of drug-likeness (QED) is 0.411. The van der Waals surface area contributed by atoms with Crippen molar-refractivity contribution in [3.05, 3.63) is 35.5 Å². The average molecular weight is 382 g/mol. The number of aromatic amines is 1. The summed E-state index contributed by atoms with van der Waals surface area (Å²) in [5, 5.41) is 9.10. The number of aromatic nitrogens is 2. The van der Waals surface area contributed by atoms with E-state index in [0.29, 0.717) is 5.82 Å². The Bertz CT molecular complexity index is 920. The first-order valence-electron chi connectivity index (χ1n) is 10.5. The third-order valence-electron chi connectivity index (χ3n) is 5.08. The fourth-order valence-electron chi connectivity index (χ4n) is 3.60. The number of aryl methyl sites for hydroxylation is 1. The number of rotatable bonds is 9. The van der Waals surface area contributed by atoms with Gasteiger partial charge in [0.25, 0.3) is 0 Å². The molecule has 0 fully saturated rings. The fraction of sp³-hybridized carbons (Fsp3) is 0.522. The minimum absolute atomic E-state index is 0.208. The van der Waals surface area contributed by atoms with Gasteiger partial charge in [-0.2, -0.15) is 0 Å². The summed E-state index contributed by atoms with van der Waals surface area (Å²) in [5.41, 5.74) is 11.0. The summed E-state index contributed by atoms with van der Waals surface area (Å²) in [7, 11) is 0. The summed E-state index contributed by atoms with van der Waals surface area (Å²) in [6.07, 6.45) is 4.77. The van der Waals surface area contributed by atoms with Crippen molar-refractivity contribution in [2.45, 2.75) is 65.5 Å². The summed E-state index contributed by atoms with van der Waals surface area (Å²) >= 11 is 0. The second-order valence-corrected chi connectivity index (χ2v) is 8.70. The van der Waals surface area contributed by atoms with E-state index >= 15 is 0 Å². The Morgan fingerprint density at radius 1 is 1.07 bits per heavy atom. The molecule has 0 aliphatic rings. The molecule has 5 heteroatoms. The SMILES string of the molecule is CCNCc1cc2c(N)nc3ccc(CCCCCNC(C)(C)C)cc3c2[nH]1. The molecule has 3 rings (SSSR count). The summed E-state index contributed by atoms with van der Waals surface area (Å²) < 4.78 is 0. The van der Waals surface area contributed by atoms with Gasteiger partial charge in [0.05, 0.1) is 11.0 Å². The molecule has 5 nitrogen and oxygen atoms in total. The van der Waals surface area contributed by atoms with E-state index in [2.05, 4.69) is 72.6 Å². The zero-order chi connectivity index (χ0) is 20.1. The highest BCUT2D eigenvalue weighted by atomic mass is 14.9. The minimum Gasteiger partial charge on any atom is -0.383 e. The molecular weight excluding hydrogens is 346 g/mol. The highest BCUT2D eigenvalue weighted by molar-refractivity contribution is 6.08. The van der Waals surface area contributed by atoms with E-state index in [1.165, 1.54) is 30.2 Å². The Morgan fingerprint density at radius 2 is 1.89 bits per heavy atom. The topological polar surface area (TPSA) is 78.8 Å². The van der Waals surface area contributed by atoms with Crippen LogP contribution in [0.15, 0.2) is 24.3 Å². The van der Waals surface area contributed by atoms with Gasteiger partial charge in [-0.05, 0) is 76.9 Å². The number of nitrogen functional groups attached to an aromatic ring is 1.